The molecule has 20 heavy (non-hydrogen) atoms. The second-order valence-electron chi connectivity index (χ2n) is 4.97. The van der Waals surface area contributed by atoms with E-state index >= 15 is 0 Å². The Hall–Kier alpha value is -1.88. The zero-order valence-electron chi connectivity index (χ0n) is 12.5. The van der Waals surface area contributed by atoms with Crippen LogP contribution in [0.15, 0.2) is 30.7 Å². The molecule has 5 nitrogen and oxygen atoms in total. The van der Waals surface area contributed by atoms with Gasteiger partial charge in [-0.3, -0.25) is 0 Å². The van der Waals surface area contributed by atoms with E-state index in [9.17, 15) is 0 Å². The lowest BCUT2D eigenvalue weighted by atomic mass is 10.2. The minimum absolute atomic E-state index is 0.751. The van der Waals surface area contributed by atoms with Crippen LogP contribution in [0.1, 0.15) is 24.7 Å². The lowest BCUT2D eigenvalue weighted by Gasteiger charge is -2.21. The quantitative estimate of drug-likeness (QED) is 0.783. The van der Waals surface area contributed by atoms with Gasteiger partial charge in [0.05, 0.1) is 6.54 Å². The number of aryl methyl sites for hydroxylation is 1. The number of pyridine rings is 1. The van der Waals surface area contributed by atoms with Crippen molar-refractivity contribution in [3.05, 3.63) is 42.1 Å². The average Bonchev–Trinajstić information content (AvgIpc) is 2.85. The summed E-state index contributed by atoms with van der Waals surface area (Å²) in [6, 6.07) is 4.11. The van der Waals surface area contributed by atoms with Gasteiger partial charge in [0.15, 0.2) is 0 Å². The van der Waals surface area contributed by atoms with Crippen LogP contribution in [-0.2, 0) is 20.1 Å². The van der Waals surface area contributed by atoms with Crippen LogP contribution in [0, 0.1) is 0 Å². The number of aromatic nitrogens is 3. The molecule has 0 aliphatic rings. The topological polar surface area (TPSA) is 46.0 Å². The minimum Gasteiger partial charge on any atom is -0.352 e. The number of nitrogens with zero attached hydrogens (tertiary/aromatic N) is 4. The summed E-state index contributed by atoms with van der Waals surface area (Å²) in [5.41, 5.74) is 1.22. The van der Waals surface area contributed by atoms with Crippen molar-refractivity contribution in [2.24, 2.45) is 7.05 Å². The highest BCUT2D eigenvalue weighted by Gasteiger charge is 2.10. The van der Waals surface area contributed by atoms with E-state index in [4.69, 9.17) is 0 Å². The minimum atomic E-state index is 0.751. The van der Waals surface area contributed by atoms with E-state index in [1.807, 2.05) is 36.3 Å². The van der Waals surface area contributed by atoms with Crippen LogP contribution in [0.5, 0.6) is 0 Å². The summed E-state index contributed by atoms with van der Waals surface area (Å²) in [6.07, 6.45) is 6.77. The molecule has 0 saturated carbocycles. The molecule has 0 fully saturated rings. The molecular weight excluding hydrogens is 250 g/mol. The normalized spacial score (nSPS) is 10.8. The molecular formula is C15H23N5. The van der Waals surface area contributed by atoms with Gasteiger partial charge in [-0.2, -0.15) is 0 Å². The van der Waals surface area contributed by atoms with Crippen molar-refractivity contribution in [2.45, 2.75) is 26.4 Å². The Labute approximate surface area is 120 Å². The maximum atomic E-state index is 4.52. The fraction of sp³-hybridized carbons (Fsp3) is 0.467. The second kappa shape index (κ2) is 7.05. The van der Waals surface area contributed by atoms with Gasteiger partial charge in [0.2, 0.25) is 0 Å². The third kappa shape index (κ3) is 3.57. The Kier molecular flexibility index (Phi) is 5.12. The molecule has 0 aliphatic heterocycles. The van der Waals surface area contributed by atoms with Gasteiger partial charge in [0, 0.05) is 44.8 Å². The summed E-state index contributed by atoms with van der Waals surface area (Å²) < 4.78 is 2.04. The molecule has 2 heterocycles. The van der Waals surface area contributed by atoms with Crippen molar-refractivity contribution in [1.82, 2.24) is 19.9 Å². The molecule has 5 heteroatoms. The van der Waals surface area contributed by atoms with E-state index in [1.165, 1.54) is 5.56 Å². The molecule has 0 aliphatic carbocycles. The van der Waals surface area contributed by atoms with Gasteiger partial charge >= 0.3 is 0 Å². The summed E-state index contributed by atoms with van der Waals surface area (Å²) in [5, 5.41) is 3.43. The highest BCUT2D eigenvalue weighted by atomic mass is 15.2. The summed E-state index contributed by atoms with van der Waals surface area (Å²) >= 11 is 0. The molecule has 0 aromatic carbocycles. The monoisotopic (exact) mass is 273 g/mol. The predicted molar refractivity (Wildman–Crippen MR) is 81.5 cm³/mol. The van der Waals surface area contributed by atoms with Gasteiger partial charge in [0.1, 0.15) is 11.6 Å². The fourth-order valence-electron chi connectivity index (χ4n) is 2.15. The molecule has 1 N–H and O–H groups in total. The highest BCUT2D eigenvalue weighted by molar-refractivity contribution is 5.46. The lowest BCUT2D eigenvalue weighted by molar-refractivity contribution is 0.669. The number of imidazole rings is 1. The van der Waals surface area contributed by atoms with Crippen molar-refractivity contribution in [3.8, 4) is 0 Å². The van der Waals surface area contributed by atoms with E-state index in [0.717, 1.165) is 37.7 Å². The Morgan fingerprint density at radius 2 is 2.15 bits per heavy atom. The number of hydrogen-bond acceptors (Lipinski definition) is 4. The first-order chi connectivity index (χ1) is 9.72. The van der Waals surface area contributed by atoms with Gasteiger partial charge in [-0.15, -0.1) is 0 Å². The van der Waals surface area contributed by atoms with E-state index in [-0.39, 0.29) is 0 Å². The molecule has 2 rings (SSSR count). The van der Waals surface area contributed by atoms with Crippen molar-refractivity contribution in [2.75, 3.05) is 18.5 Å². The Bertz CT molecular complexity index is 535. The molecule has 0 saturated heterocycles. The molecule has 0 unspecified atom stereocenters. The van der Waals surface area contributed by atoms with E-state index in [1.54, 1.807) is 0 Å². The summed E-state index contributed by atoms with van der Waals surface area (Å²) in [4.78, 5) is 11.0. The fourth-order valence-corrected chi connectivity index (χ4v) is 2.15. The molecule has 0 radical (unpaired) electrons. The predicted octanol–water partition coefficient (Wildman–Crippen LogP) is 1.95. The van der Waals surface area contributed by atoms with E-state index < -0.39 is 0 Å². The molecule has 0 amide bonds. The standard InChI is InChI=1S/C15H23N5/c1-4-7-16-11-13-6-5-8-18-15(13)20(3)12-14-17-9-10-19(14)2/h5-6,8-10,16H,4,7,11-12H2,1-3H3. The summed E-state index contributed by atoms with van der Waals surface area (Å²) in [6.45, 7) is 4.80. The van der Waals surface area contributed by atoms with Crippen molar-refractivity contribution in [1.29, 1.82) is 0 Å². The maximum Gasteiger partial charge on any atom is 0.133 e. The Balaban J connectivity index is 2.08. The third-order valence-corrected chi connectivity index (χ3v) is 3.27. The van der Waals surface area contributed by atoms with Gasteiger partial charge in [-0.25, -0.2) is 9.97 Å². The van der Waals surface area contributed by atoms with Crippen LogP contribution in [0.2, 0.25) is 0 Å². The molecule has 0 spiro atoms. The summed E-state index contributed by atoms with van der Waals surface area (Å²) in [7, 11) is 4.07. The lowest BCUT2D eigenvalue weighted by Crippen LogP contribution is -2.23. The van der Waals surface area contributed by atoms with E-state index in [0.29, 0.717) is 0 Å². The van der Waals surface area contributed by atoms with Gasteiger partial charge in [0.25, 0.3) is 0 Å². The van der Waals surface area contributed by atoms with Crippen molar-refractivity contribution < 1.29 is 0 Å². The maximum absolute atomic E-state index is 4.52. The SMILES string of the molecule is CCCNCc1cccnc1N(C)Cc1nccn1C. The smallest absolute Gasteiger partial charge is 0.133 e. The molecule has 0 atom stereocenters. The largest absolute Gasteiger partial charge is 0.352 e. The van der Waals surface area contributed by atoms with Crippen LogP contribution < -0.4 is 10.2 Å². The Morgan fingerprint density at radius 3 is 2.85 bits per heavy atom. The first-order valence-corrected chi connectivity index (χ1v) is 7.04. The second-order valence-corrected chi connectivity index (χ2v) is 4.97. The van der Waals surface area contributed by atoms with E-state index in [2.05, 4.69) is 40.2 Å². The highest BCUT2D eigenvalue weighted by Crippen LogP contribution is 2.17. The first kappa shape index (κ1) is 14.5. The number of anilines is 1. The third-order valence-electron chi connectivity index (χ3n) is 3.27. The molecule has 108 valence electrons. The van der Waals surface area contributed by atoms with Crippen LogP contribution in [0.4, 0.5) is 5.82 Å². The average molecular weight is 273 g/mol. The number of hydrogen-bond donors (Lipinski definition) is 1. The van der Waals surface area contributed by atoms with Crippen molar-refractivity contribution in [3.63, 3.8) is 0 Å². The number of nitrogens with one attached hydrogen (secondary N) is 1. The van der Waals surface area contributed by atoms with Gasteiger partial charge in [-0.05, 0) is 19.0 Å². The van der Waals surface area contributed by atoms with Crippen molar-refractivity contribution >= 4 is 5.82 Å². The van der Waals surface area contributed by atoms with Crippen LogP contribution in [-0.4, -0.2) is 28.1 Å². The number of rotatable bonds is 7. The van der Waals surface area contributed by atoms with Gasteiger partial charge < -0.3 is 14.8 Å². The van der Waals surface area contributed by atoms with Crippen LogP contribution >= 0.6 is 0 Å². The van der Waals surface area contributed by atoms with Gasteiger partial charge in [-0.1, -0.05) is 13.0 Å². The molecule has 2 aromatic rings. The first-order valence-electron chi connectivity index (χ1n) is 7.04. The summed E-state index contributed by atoms with van der Waals surface area (Å²) in [5.74, 6) is 2.05. The Morgan fingerprint density at radius 1 is 1.30 bits per heavy atom. The zero-order valence-corrected chi connectivity index (χ0v) is 12.5. The van der Waals surface area contributed by atoms with Crippen LogP contribution in [0.25, 0.3) is 0 Å². The zero-order chi connectivity index (χ0) is 14.4. The molecule has 0 bridgehead atoms. The molecule has 2 aromatic heterocycles. The van der Waals surface area contributed by atoms with Crippen LogP contribution in [0.3, 0.4) is 0 Å².